The van der Waals surface area contributed by atoms with E-state index in [-0.39, 0.29) is 18.6 Å². The number of nitrogens with zero attached hydrogens (tertiary/aromatic N) is 2. The maximum absolute atomic E-state index is 12.8. The van der Waals surface area contributed by atoms with Gasteiger partial charge in [0.15, 0.2) is 0 Å². The van der Waals surface area contributed by atoms with Crippen LogP contribution in [0, 0.1) is 0 Å². The predicted molar refractivity (Wildman–Crippen MR) is 110 cm³/mol. The van der Waals surface area contributed by atoms with Crippen LogP contribution in [0.1, 0.15) is 30.9 Å². The zero-order valence-corrected chi connectivity index (χ0v) is 16.6. The molecular formula is C23H30N2O3. The second-order valence-electron chi connectivity index (χ2n) is 7.27. The molecule has 0 radical (unpaired) electrons. The van der Waals surface area contributed by atoms with Crippen LogP contribution < -0.4 is 4.74 Å². The van der Waals surface area contributed by atoms with Crippen LogP contribution in [0.15, 0.2) is 54.6 Å². The summed E-state index contributed by atoms with van der Waals surface area (Å²) >= 11 is 0. The number of ether oxygens (including phenoxy) is 1. The molecule has 2 aromatic rings. The topological polar surface area (TPSA) is 53.0 Å². The maximum atomic E-state index is 12.8. The third-order valence-electron chi connectivity index (χ3n) is 5.20. The number of hydrogen-bond donors (Lipinski definition) is 1. The number of hydrogen-bond acceptors (Lipinski definition) is 4. The van der Waals surface area contributed by atoms with Gasteiger partial charge in [-0.05, 0) is 29.7 Å². The van der Waals surface area contributed by atoms with E-state index in [9.17, 15) is 4.79 Å². The Hall–Kier alpha value is -2.37. The first-order valence-electron chi connectivity index (χ1n) is 10.1. The first kappa shape index (κ1) is 20.4. The van der Waals surface area contributed by atoms with Gasteiger partial charge in [0.2, 0.25) is 5.91 Å². The number of amides is 1. The average molecular weight is 383 g/mol. The highest BCUT2D eigenvalue weighted by Crippen LogP contribution is 2.21. The van der Waals surface area contributed by atoms with Crippen LogP contribution in [0.3, 0.4) is 0 Å². The fraction of sp³-hybridized carbons (Fsp3) is 0.435. The van der Waals surface area contributed by atoms with Gasteiger partial charge in [0, 0.05) is 38.6 Å². The van der Waals surface area contributed by atoms with Gasteiger partial charge < -0.3 is 14.7 Å². The molecular weight excluding hydrogens is 352 g/mol. The number of aliphatic hydroxyl groups excluding tert-OH is 1. The molecule has 150 valence electrons. The van der Waals surface area contributed by atoms with Crippen LogP contribution in [0.5, 0.6) is 5.75 Å². The van der Waals surface area contributed by atoms with Crippen LogP contribution in [-0.4, -0.2) is 53.2 Å². The molecule has 0 bridgehead atoms. The maximum Gasteiger partial charge on any atom is 0.224 e. The quantitative estimate of drug-likeness (QED) is 0.762. The van der Waals surface area contributed by atoms with Crippen LogP contribution in [0.25, 0.3) is 0 Å². The van der Waals surface area contributed by atoms with Crippen molar-refractivity contribution in [1.29, 1.82) is 0 Å². The third-order valence-corrected chi connectivity index (χ3v) is 5.20. The van der Waals surface area contributed by atoms with Crippen molar-refractivity contribution in [3.05, 3.63) is 65.7 Å². The molecule has 5 nitrogen and oxygen atoms in total. The summed E-state index contributed by atoms with van der Waals surface area (Å²) in [6.45, 7) is 5.57. The summed E-state index contributed by atoms with van der Waals surface area (Å²) in [4.78, 5) is 17.2. The Kier molecular flexibility index (Phi) is 7.46. The monoisotopic (exact) mass is 382 g/mol. The van der Waals surface area contributed by atoms with Crippen molar-refractivity contribution in [2.24, 2.45) is 0 Å². The van der Waals surface area contributed by atoms with Gasteiger partial charge in [0.1, 0.15) is 12.4 Å². The Morgan fingerprint density at radius 1 is 1.07 bits per heavy atom. The lowest BCUT2D eigenvalue weighted by molar-refractivity contribution is -0.133. The van der Waals surface area contributed by atoms with Crippen molar-refractivity contribution in [2.75, 3.05) is 26.3 Å². The molecule has 1 aliphatic rings. The lowest BCUT2D eigenvalue weighted by Gasteiger charge is -2.31. The summed E-state index contributed by atoms with van der Waals surface area (Å²) in [6.07, 6.45) is 1.48. The molecule has 1 aliphatic heterocycles. The van der Waals surface area contributed by atoms with Crippen molar-refractivity contribution < 1.29 is 14.6 Å². The van der Waals surface area contributed by atoms with Gasteiger partial charge in [-0.25, -0.2) is 0 Å². The van der Waals surface area contributed by atoms with Gasteiger partial charge in [-0.15, -0.1) is 0 Å². The summed E-state index contributed by atoms with van der Waals surface area (Å²) in [6, 6.07) is 18.4. The van der Waals surface area contributed by atoms with Crippen LogP contribution in [-0.2, 0) is 17.9 Å². The Bertz CT molecular complexity index is 751. The fourth-order valence-electron chi connectivity index (χ4n) is 3.73. The molecule has 1 N–H and O–H groups in total. The summed E-state index contributed by atoms with van der Waals surface area (Å²) in [7, 11) is 0. The van der Waals surface area contributed by atoms with E-state index in [4.69, 9.17) is 9.84 Å². The zero-order chi connectivity index (χ0) is 19.8. The second kappa shape index (κ2) is 10.2. The van der Waals surface area contributed by atoms with E-state index in [0.29, 0.717) is 19.6 Å². The first-order chi connectivity index (χ1) is 13.7. The lowest BCUT2D eigenvalue weighted by Crippen LogP contribution is -2.42. The minimum absolute atomic E-state index is 0.00783. The predicted octanol–water partition coefficient (Wildman–Crippen LogP) is 3.07. The largest absolute Gasteiger partial charge is 0.491 e. The highest BCUT2D eigenvalue weighted by atomic mass is 16.5. The lowest BCUT2D eigenvalue weighted by atomic mass is 10.1. The van der Waals surface area contributed by atoms with Crippen LogP contribution in [0.2, 0.25) is 0 Å². The molecule has 1 atom stereocenters. The third kappa shape index (κ3) is 5.57. The van der Waals surface area contributed by atoms with Crippen LogP contribution >= 0.6 is 0 Å². The molecule has 28 heavy (non-hydrogen) atoms. The molecule has 1 heterocycles. The van der Waals surface area contributed by atoms with E-state index < -0.39 is 0 Å². The molecule has 0 unspecified atom stereocenters. The van der Waals surface area contributed by atoms with E-state index in [1.165, 1.54) is 5.56 Å². The Balaban J connectivity index is 1.67. The normalized spacial score (nSPS) is 18.1. The number of aliphatic hydroxyl groups is 1. The molecule has 0 spiro atoms. The van der Waals surface area contributed by atoms with Gasteiger partial charge in [-0.2, -0.15) is 0 Å². The standard InChI is InChI=1S/C23H30N2O3/c1-2-21-18-24(16-20-9-6-10-22(15-20)28-14-13-26)12-11-23(27)25(21)17-19-7-4-3-5-8-19/h3-10,15,21,26H,2,11-14,16-18H2,1H3/t21-/m1/s1. The molecule has 0 saturated carbocycles. The van der Waals surface area contributed by atoms with Gasteiger partial charge in [0.25, 0.3) is 0 Å². The van der Waals surface area contributed by atoms with Crippen molar-refractivity contribution in [3.8, 4) is 5.75 Å². The summed E-state index contributed by atoms with van der Waals surface area (Å²) in [5.74, 6) is 1.01. The number of carbonyl (C=O) groups is 1. The zero-order valence-electron chi connectivity index (χ0n) is 16.6. The number of benzene rings is 2. The number of carbonyl (C=O) groups excluding carboxylic acids is 1. The highest BCUT2D eigenvalue weighted by molar-refractivity contribution is 5.77. The molecule has 0 aliphatic carbocycles. The van der Waals surface area contributed by atoms with E-state index in [1.54, 1.807) is 0 Å². The molecule has 2 aromatic carbocycles. The van der Waals surface area contributed by atoms with Crippen molar-refractivity contribution in [3.63, 3.8) is 0 Å². The fourth-order valence-corrected chi connectivity index (χ4v) is 3.73. The van der Waals surface area contributed by atoms with E-state index in [2.05, 4.69) is 34.9 Å². The Morgan fingerprint density at radius 3 is 2.61 bits per heavy atom. The van der Waals surface area contributed by atoms with Crippen LogP contribution in [0.4, 0.5) is 0 Å². The molecule has 3 rings (SSSR count). The Morgan fingerprint density at radius 2 is 1.86 bits per heavy atom. The molecule has 5 heteroatoms. The van der Waals surface area contributed by atoms with E-state index in [1.807, 2.05) is 36.4 Å². The smallest absolute Gasteiger partial charge is 0.224 e. The van der Waals surface area contributed by atoms with E-state index >= 15 is 0 Å². The minimum atomic E-state index is 0.00783. The minimum Gasteiger partial charge on any atom is -0.491 e. The van der Waals surface area contributed by atoms with Crippen molar-refractivity contribution in [1.82, 2.24) is 9.80 Å². The Labute approximate surface area is 167 Å². The molecule has 1 amide bonds. The van der Waals surface area contributed by atoms with Crippen molar-refractivity contribution >= 4 is 5.91 Å². The second-order valence-corrected chi connectivity index (χ2v) is 7.27. The SMILES string of the molecule is CC[C@@H]1CN(Cc2cccc(OCCO)c2)CCC(=O)N1Cc1ccccc1. The van der Waals surface area contributed by atoms with E-state index in [0.717, 1.165) is 37.4 Å². The number of rotatable bonds is 8. The average Bonchev–Trinajstić information content (AvgIpc) is 2.87. The highest BCUT2D eigenvalue weighted by Gasteiger charge is 2.28. The summed E-state index contributed by atoms with van der Waals surface area (Å²) in [5, 5.41) is 8.93. The van der Waals surface area contributed by atoms with Gasteiger partial charge in [-0.3, -0.25) is 9.69 Å². The van der Waals surface area contributed by atoms with Crippen molar-refractivity contribution in [2.45, 2.75) is 38.9 Å². The summed E-state index contributed by atoms with van der Waals surface area (Å²) in [5.41, 5.74) is 2.34. The van der Waals surface area contributed by atoms with Gasteiger partial charge in [-0.1, -0.05) is 49.4 Å². The molecule has 1 saturated heterocycles. The first-order valence-corrected chi connectivity index (χ1v) is 10.1. The summed E-state index contributed by atoms with van der Waals surface area (Å²) < 4.78 is 5.52. The van der Waals surface area contributed by atoms with Gasteiger partial charge in [0.05, 0.1) is 6.61 Å². The molecule has 1 fully saturated rings. The molecule has 0 aromatic heterocycles. The van der Waals surface area contributed by atoms with Gasteiger partial charge >= 0.3 is 0 Å².